The molecule has 1 aliphatic rings. The third kappa shape index (κ3) is 7.28. The molecule has 0 aliphatic carbocycles. The minimum Gasteiger partial charge on any atom is -0.467 e. The Kier molecular flexibility index (Phi) is 8.39. The van der Waals surface area contributed by atoms with Gasteiger partial charge in [0.15, 0.2) is 0 Å². The van der Waals surface area contributed by atoms with Gasteiger partial charge in [-0.15, -0.1) is 5.10 Å². The number of nitrogens with zero attached hydrogens (tertiary/aromatic N) is 4. The average molecular weight is 412 g/mol. The van der Waals surface area contributed by atoms with Crippen LogP contribution in [-0.4, -0.2) is 75.1 Å². The third-order valence-corrected chi connectivity index (χ3v) is 4.46. The first-order valence-corrected chi connectivity index (χ1v) is 9.92. The van der Waals surface area contributed by atoms with E-state index in [9.17, 15) is 9.59 Å². The van der Waals surface area contributed by atoms with Crippen molar-refractivity contribution in [1.29, 1.82) is 0 Å². The van der Waals surface area contributed by atoms with Crippen LogP contribution in [0.25, 0.3) is 0 Å². The Morgan fingerprint density at radius 3 is 2.69 bits per heavy atom. The number of carbonyl (C=O) groups excluding carboxylic acids is 2. The number of aromatic nitrogens is 3. The summed E-state index contributed by atoms with van der Waals surface area (Å²) in [6, 6.07) is -0.734. The van der Waals surface area contributed by atoms with Crippen LogP contribution in [0.4, 0.5) is 4.79 Å². The van der Waals surface area contributed by atoms with Crippen LogP contribution in [0.15, 0.2) is 6.20 Å². The molecule has 1 aromatic heterocycles. The van der Waals surface area contributed by atoms with Gasteiger partial charge in [0, 0.05) is 19.6 Å². The quantitative estimate of drug-likeness (QED) is 0.479. The van der Waals surface area contributed by atoms with E-state index in [0.29, 0.717) is 12.1 Å². The molecule has 1 amide bonds. The van der Waals surface area contributed by atoms with Gasteiger partial charge < -0.3 is 19.3 Å². The molecule has 1 N–H and O–H groups in total. The zero-order valence-electron chi connectivity index (χ0n) is 17.7. The molecule has 2 rings (SSSR count). The van der Waals surface area contributed by atoms with E-state index in [-0.39, 0.29) is 25.9 Å². The number of aliphatic hydroxyl groups excluding tert-OH is 1. The highest BCUT2D eigenvalue weighted by atomic mass is 16.6. The largest absolute Gasteiger partial charge is 0.467 e. The predicted molar refractivity (Wildman–Crippen MR) is 103 cm³/mol. The van der Waals surface area contributed by atoms with Crippen molar-refractivity contribution in [3.63, 3.8) is 0 Å². The van der Waals surface area contributed by atoms with Crippen LogP contribution in [0.2, 0.25) is 0 Å². The summed E-state index contributed by atoms with van der Waals surface area (Å²) in [5.74, 6) is -0.490. The minimum atomic E-state index is -0.734. The lowest BCUT2D eigenvalue weighted by atomic mass is 10.2. The molecule has 10 heteroatoms. The van der Waals surface area contributed by atoms with Crippen molar-refractivity contribution >= 4 is 12.1 Å². The fraction of sp³-hybridized carbons (Fsp3) is 0.789. The maximum atomic E-state index is 12.5. The molecule has 0 saturated carbocycles. The van der Waals surface area contributed by atoms with E-state index >= 15 is 0 Å². The van der Waals surface area contributed by atoms with Gasteiger partial charge in [-0.05, 0) is 40.0 Å². The van der Waals surface area contributed by atoms with Crippen molar-refractivity contribution in [1.82, 2.24) is 19.9 Å². The number of likely N-dealkylation sites (tertiary alicyclic amines) is 1. The number of esters is 1. The lowest BCUT2D eigenvalue weighted by Crippen LogP contribution is -2.44. The van der Waals surface area contributed by atoms with E-state index in [1.807, 2.05) is 6.20 Å². The Hall–Kier alpha value is -2.20. The fourth-order valence-corrected chi connectivity index (χ4v) is 3.08. The van der Waals surface area contributed by atoms with Gasteiger partial charge in [-0.3, -0.25) is 9.58 Å². The molecule has 164 valence electrons. The molecule has 0 unspecified atom stereocenters. The van der Waals surface area contributed by atoms with Gasteiger partial charge in [0.25, 0.3) is 0 Å². The van der Waals surface area contributed by atoms with Crippen LogP contribution in [0.5, 0.6) is 0 Å². The highest BCUT2D eigenvalue weighted by molar-refractivity contribution is 5.82. The summed E-state index contributed by atoms with van der Waals surface area (Å²) < 4.78 is 17.8. The molecule has 29 heavy (non-hydrogen) atoms. The number of amides is 1. The Labute approximate surface area is 171 Å². The van der Waals surface area contributed by atoms with E-state index in [0.717, 1.165) is 25.8 Å². The second-order valence-electron chi connectivity index (χ2n) is 8.10. The first-order chi connectivity index (χ1) is 13.7. The van der Waals surface area contributed by atoms with E-state index in [2.05, 4.69) is 10.3 Å². The number of hydrogen-bond donors (Lipinski definition) is 1. The summed E-state index contributed by atoms with van der Waals surface area (Å²) in [5.41, 5.74) is 0.0179. The van der Waals surface area contributed by atoms with E-state index in [4.69, 9.17) is 19.3 Å². The second-order valence-corrected chi connectivity index (χ2v) is 8.10. The number of rotatable bonds is 9. The normalized spacial score (nSPS) is 19.4. The van der Waals surface area contributed by atoms with E-state index in [1.165, 1.54) is 12.0 Å². The Morgan fingerprint density at radius 2 is 2.03 bits per heavy atom. The number of hydrogen-bond acceptors (Lipinski definition) is 8. The monoisotopic (exact) mass is 412 g/mol. The van der Waals surface area contributed by atoms with Crippen molar-refractivity contribution < 1.29 is 28.9 Å². The standard InChI is InChI=1S/C19H32N4O6/c1-19(2,3)29-18(26)23-12-15(10-16(23)17(25)27-4)28-13-14-11-22(21-20-14)8-6-5-7-9-24/h11,15-16,24H,5-10,12-13H2,1-4H3/t15-,16+/m1/s1. The smallest absolute Gasteiger partial charge is 0.411 e. The Bertz CT molecular complexity index is 672. The number of aliphatic hydroxyl groups is 1. The topological polar surface area (TPSA) is 116 Å². The summed E-state index contributed by atoms with van der Waals surface area (Å²) in [5, 5.41) is 17.0. The second kappa shape index (κ2) is 10.5. The van der Waals surface area contributed by atoms with E-state index < -0.39 is 23.7 Å². The lowest BCUT2D eigenvalue weighted by molar-refractivity contribution is -0.145. The summed E-state index contributed by atoms with van der Waals surface area (Å²) >= 11 is 0. The maximum absolute atomic E-state index is 12.5. The average Bonchev–Trinajstić information content (AvgIpc) is 3.28. The molecule has 1 aromatic rings. The van der Waals surface area contributed by atoms with Crippen LogP contribution in [0.3, 0.4) is 0 Å². The van der Waals surface area contributed by atoms with Gasteiger partial charge in [0.05, 0.1) is 32.6 Å². The number of aryl methyl sites for hydroxylation is 1. The van der Waals surface area contributed by atoms with Gasteiger partial charge in [0.1, 0.15) is 17.3 Å². The molecule has 1 saturated heterocycles. The number of ether oxygens (including phenoxy) is 3. The van der Waals surface area contributed by atoms with Gasteiger partial charge in [0.2, 0.25) is 0 Å². The highest BCUT2D eigenvalue weighted by Gasteiger charge is 2.42. The van der Waals surface area contributed by atoms with Crippen molar-refractivity contribution in [3.05, 3.63) is 11.9 Å². The Balaban J connectivity index is 1.88. The predicted octanol–water partition coefficient (Wildman–Crippen LogP) is 1.51. The first kappa shape index (κ1) is 23.1. The van der Waals surface area contributed by atoms with Crippen LogP contribution in [0.1, 0.15) is 52.1 Å². The van der Waals surface area contributed by atoms with Gasteiger partial charge >= 0.3 is 12.1 Å². The molecule has 0 aromatic carbocycles. The van der Waals surface area contributed by atoms with E-state index in [1.54, 1.807) is 25.5 Å². The third-order valence-electron chi connectivity index (χ3n) is 4.46. The van der Waals surface area contributed by atoms with Crippen LogP contribution in [0, 0.1) is 0 Å². The lowest BCUT2D eigenvalue weighted by Gasteiger charge is -2.27. The molecular formula is C19H32N4O6. The molecule has 2 atom stereocenters. The van der Waals surface area contributed by atoms with Crippen molar-refractivity contribution in [2.45, 2.75) is 77.4 Å². The van der Waals surface area contributed by atoms with Crippen LogP contribution >= 0.6 is 0 Å². The summed E-state index contributed by atoms with van der Waals surface area (Å²) in [7, 11) is 1.29. The molecule has 2 heterocycles. The van der Waals surface area contributed by atoms with Gasteiger partial charge in [-0.1, -0.05) is 5.21 Å². The number of methoxy groups -OCH3 is 1. The Morgan fingerprint density at radius 1 is 1.28 bits per heavy atom. The summed E-state index contributed by atoms with van der Waals surface area (Å²) in [6.07, 6.45) is 3.88. The van der Waals surface area contributed by atoms with Crippen molar-refractivity contribution in [3.8, 4) is 0 Å². The summed E-state index contributed by atoms with van der Waals surface area (Å²) in [4.78, 5) is 25.9. The highest BCUT2D eigenvalue weighted by Crippen LogP contribution is 2.24. The molecule has 10 nitrogen and oxygen atoms in total. The molecule has 0 bridgehead atoms. The molecule has 1 fully saturated rings. The first-order valence-electron chi connectivity index (χ1n) is 9.92. The minimum absolute atomic E-state index is 0.199. The molecule has 0 radical (unpaired) electrons. The van der Waals surface area contributed by atoms with Crippen LogP contribution in [-0.2, 0) is 32.2 Å². The molecular weight excluding hydrogens is 380 g/mol. The van der Waals surface area contributed by atoms with Crippen molar-refractivity contribution in [2.75, 3.05) is 20.3 Å². The zero-order valence-corrected chi connectivity index (χ0v) is 17.7. The van der Waals surface area contributed by atoms with Crippen LogP contribution < -0.4 is 0 Å². The van der Waals surface area contributed by atoms with Gasteiger partial charge in [-0.25, -0.2) is 9.59 Å². The van der Waals surface area contributed by atoms with Gasteiger partial charge in [-0.2, -0.15) is 0 Å². The SMILES string of the molecule is COC(=O)[C@@H]1C[C@@H](OCc2cn(CCCCCO)nn2)CN1C(=O)OC(C)(C)C. The summed E-state index contributed by atoms with van der Waals surface area (Å²) in [6.45, 7) is 6.72. The molecule has 0 spiro atoms. The number of carbonyl (C=O) groups is 2. The van der Waals surface area contributed by atoms with Crippen molar-refractivity contribution in [2.24, 2.45) is 0 Å². The zero-order chi connectivity index (χ0) is 21.4. The molecule has 1 aliphatic heterocycles. The number of unbranched alkanes of at least 4 members (excludes halogenated alkanes) is 2. The fourth-order valence-electron chi connectivity index (χ4n) is 3.08. The maximum Gasteiger partial charge on any atom is 0.411 e.